The van der Waals surface area contributed by atoms with Crippen LogP contribution in [0.15, 0.2) is 29.2 Å². The zero-order valence-corrected chi connectivity index (χ0v) is 14.0. The number of hydrogen-bond acceptors (Lipinski definition) is 4. The third kappa shape index (κ3) is 3.73. The molecule has 1 aromatic carbocycles. The number of rotatable bonds is 5. The molecule has 0 aromatic heterocycles. The maximum atomic E-state index is 12.5. The molecule has 1 aliphatic heterocycles. The van der Waals surface area contributed by atoms with Gasteiger partial charge in [-0.2, -0.15) is 4.31 Å². The van der Waals surface area contributed by atoms with Gasteiger partial charge >= 0.3 is 0 Å². The number of hydrogen-bond donors (Lipinski definition) is 1. The molecule has 0 spiro atoms. The average Bonchev–Trinajstić information content (AvgIpc) is 3.41. The first kappa shape index (κ1) is 16.4. The predicted octanol–water partition coefficient (Wildman–Crippen LogP) is 1.24. The number of nitrogens with one attached hydrogen (secondary N) is 1. The van der Waals surface area contributed by atoms with Crippen molar-refractivity contribution in [3.63, 3.8) is 0 Å². The maximum absolute atomic E-state index is 12.5. The summed E-state index contributed by atoms with van der Waals surface area (Å²) in [5.74, 6) is 0.430. The molecular weight excluding hydrogens is 316 g/mol. The molecule has 0 bridgehead atoms. The van der Waals surface area contributed by atoms with E-state index in [0.717, 1.165) is 12.8 Å². The third-order valence-corrected chi connectivity index (χ3v) is 6.33. The normalized spacial score (nSPS) is 20.9. The fraction of sp³-hybridized carbons (Fsp3) is 0.562. The Balaban J connectivity index is 1.69. The van der Waals surface area contributed by atoms with Gasteiger partial charge in [-0.15, -0.1) is 0 Å². The predicted molar refractivity (Wildman–Crippen MR) is 85.7 cm³/mol. The summed E-state index contributed by atoms with van der Waals surface area (Å²) in [4.78, 5) is 12.4. The number of amides is 1. The zero-order chi connectivity index (χ0) is 16.4. The van der Waals surface area contributed by atoms with Crippen LogP contribution in [-0.2, 0) is 14.8 Å². The van der Waals surface area contributed by atoms with Crippen LogP contribution >= 0.6 is 0 Å². The fourth-order valence-corrected chi connectivity index (χ4v) is 4.13. The maximum Gasteiger partial charge on any atom is 0.251 e. The van der Waals surface area contributed by atoms with E-state index in [4.69, 9.17) is 4.74 Å². The molecule has 1 atom stereocenters. The first-order chi connectivity index (χ1) is 11.0. The molecule has 2 fully saturated rings. The molecule has 7 heteroatoms. The Morgan fingerprint density at radius 2 is 1.83 bits per heavy atom. The fourth-order valence-electron chi connectivity index (χ4n) is 2.72. The van der Waals surface area contributed by atoms with Gasteiger partial charge in [0.15, 0.2) is 0 Å². The molecule has 0 unspecified atom stereocenters. The van der Waals surface area contributed by atoms with Crippen molar-refractivity contribution in [3.8, 4) is 0 Å². The average molecular weight is 338 g/mol. The number of ether oxygens (including phenoxy) is 1. The van der Waals surface area contributed by atoms with Gasteiger partial charge in [0.25, 0.3) is 5.91 Å². The Labute approximate surface area is 136 Å². The molecule has 126 valence electrons. The second-order valence-electron chi connectivity index (χ2n) is 6.14. The molecule has 23 heavy (non-hydrogen) atoms. The zero-order valence-electron chi connectivity index (χ0n) is 13.2. The second-order valence-corrected chi connectivity index (χ2v) is 8.08. The van der Waals surface area contributed by atoms with E-state index in [1.54, 1.807) is 12.1 Å². The lowest BCUT2D eigenvalue weighted by Gasteiger charge is -2.26. The van der Waals surface area contributed by atoms with Gasteiger partial charge < -0.3 is 10.1 Å². The highest BCUT2D eigenvalue weighted by molar-refractivity contribution is 7.89. The van der Waals surface area contributed by atoms with Gasteiger partial charge in [-0.3, -0.25) is 4.79 Å². The van der Waals surface area contributed by atoms with Crippen molar-refractivity contribution in [2.75, 3.05) is 26.3 Å². The smallest absolute Gasteiger partial charge is 0.251 e. The summed E-state index contributed by atoms with van der Waals surface area (Å²) >= 11 is 0. The second kappa shape index (κ2) is 6.59. The minimum Gasteiger partial charge on any atom is -0.379 e. The molecule has 1 N–H and O–H groups in total. The standard InChI is InChI=1S/C16H22N2O4S/c1-12(13-2-3-13)17-16(19)14-4-6-15(7-5-14)23(20,21)18-8-10-22-11-9-18/h4-7,12-13H,2-3,8-11H2,1H3,(H,17,19)/t12-/m1/s1. The van der Waals surface area contributed by atoms with E-state index in [-0.39, 0.29) is 16.8 Å². The van der Waals surface area contributed by atoms with Crippen LogP contribution in [0.3, 0.4) is 0 Å². The van der Waals surface area contributed by atoms with Crippen LogP contribution in [0, 0.1) is 5.92 Å². The summed E-state index contributed by atoms with van der Waals surface area (Å²) in [5.41, 5.74) is 0.485. The molecule has 1 saturated heterocycles. The van der Waals surface area contributed by atoms with Crippen molar-refractivity contribution in [1.29, 1.82) is 0 Å². The van der Waals surface area contributed by atoms with Crippen LogP contribution in [0.1, 0.15) is 30.1 Å². The van der Waals surface area contributed by atoms with Gasteiger partial charge in [-0.05, 0) is 49.9 Å². The Bertz CT molecular complexity index is 662. The van der Waals surface area contributed by atoms with Crippen molar-refractivity contribution >= 4 is 15.9 Å². The van der Waals surface area contributed by atoms with Crippen LogP contribution in [0.4, 0.5) is 0 Å². The van der Waals surface area contributed by atoms with Crippen LogP contribution in [0.25, 0.3) is 0 Å². The molecule has 1 aliphatic carbocycles. The van der Waals surface area contributed by atoms with Crippen LogP contribution < -0.4 is 5.32 Å². The van der Waals surface area contributed by atoms with Crippen LogP contribution in [-0.4, -0.2) is 51.0 Å². The van der Waals surface area contributed by atoms with Crippen LogP contribution in [0.2, 0.25) is 0 Å². The highest BCUT2D eigenvalue weighted by Crippen LogP contribution is 2.32. The molecule has 1 amide bonds. The molecule has 1 aromatic rings. The van der Waals surface area contributed by atoms with Gasteiger partial charge in [0, 0.05) is 24.7 Å². The molecule has 1 saturated carbocycles. The summed E-state index contributed by atoms with van der Waals surface area (Å²) in [6.07, 6.45) is 2.33. The SMILES string of the molecule is C[C@@H](NC(=O)c1ccc(S(=O)(=O)N2CCOCC2)cc1)C1CC1. The number of carbonyl (C=O) groups is 1. The summed E-state index contributed by atoms with van der Waals surface area (Å²) in [7, 11) is -3.51. The summed E-state index contributed by atoms with van der Waals surface area (Å²) in [5, 5.41) is 2.96. The van der Waals surface area contributed by atoms with E-state index >= 15 is 0 Å². The van der Waals surface area contributed by atoms with Gasteiger partial charge in [-0.25, -0.2) is 8.42 Å². The van der Waals surface area contributed by atoms with E-state index in [0.29, 0.717) is 37.8 Å². The third-order valence-electron chi connectivity index (χ3n) is 4.41. The molecule has 3 rings (SSSR count). The number of nitrogens with zero attached hydrogens (tertiary/aromatic N) is 1. The van der Waals surface area contributed by atoms with Crippen molar-refractivity contribution in [1.82, 2.24) is 9.62 Å². The highest BCUT2D eigenvalue weighted by atomic mass is 32.2. The van der Waals surface area contributed by atoms with Gasteiger partial charge in [0.2, 0.25) is 10.0 Å². The minimum absolute atomic E-state index is 0.153. The van der Waals surface area contributed by atoms with E-state index < -0.39 is 10.0 Å². The summed E-state index contributed by atoms with van der Waals surface area (Å²) in [6.45, 7) is 3.57. The minimum atomic E-state index is -3.51. The Morgan fingerprint density at radius 3 is 2.39 bits per heavy atom. The topological polar surface area (TPSA) is 75.7 Å². The van der Waals surface area contributed by atoms with E-state index in [1.165, 1.54) is 16.4 Å². The number of sulfonamides is 1. The number of carbonyl (C=O) groups excluding carboxylic acids is 1. The molecule has 2 aliphatic rings. The highest BCUT2D eigenvalue weighted by Gasteiger charge is 2.29. The summed E-state index contributed by atoms with van der Waals surface area (Å²) in [6, 6.07) is 6.31. The largest absolute Gasteiger partial charge is 0.379 e. The molecule has 6 nitrogen and oxygen atoms in total. The van der Waals surface area contributed by atoms with Gasteiger partial charge in [0.1, 0.15) is 0 Å². The molecular formula is C16H22N2O4S. The van der Waals surface area contributed by atoms with Gasteiger partial charge in [-0.1, -0.05) is 0 Å². The van der Waals surface area contributed by atoms with Crippen molar-refractivity contribution in [3.05, 3.63) is 29.8 Å². The van der Waals surface area contributed by atoms with E-state index in [1.807, 2.05) is 6.92 Å². The Hall–Kier alpha value is -1.44. The lowest BCUT2D eigenvalue weighted by Crippen LogP contribution is -2.40. The summed E-state index contributed by atoms with van der Waals surface area (Å²) < 4.78 is 31.6. The van der Waals surface area contributed by atoms with Crippen molar-refractivity contribution < 1.29 is 17.9 Å². The van der Waals surface area contributed by atoms with Gasteiger partial charge in [0.05, 0.1) is 18.1 Å². The van der Waals surface area contributed by atoms with E-state index in [2.05, 4.69) is 5.32 Å². The Kier molecular flexibility index (Phi) is 4.70. The lowest BCUT2D eigenvalue weighted by molar-refractivity contribution is 0.0730. The first-order valence-corrected chi connectivity index (χ1v) is 9.41. The van der Waals surface area contributed by atoms with E-state index in [9.17, 15) is 13.2 Å². The monoisotopic (exact) mass is 338 g/mol. The first-order valence-electron chi connectivity index (χ1n) is 7.97. The number of morpholine rings is 1. The lowest BCUT2D eigenvalue weighted by atomic mass is 10.1. The Morgan fingerprint density at radius 1 is 1.22 bits per heavy atom. The van der Waals surface area contributed by atoms with Crippen LogP contribution in [0.5, 0.6) is 0 Å². The quantitative estimate of drug-likeness (QED) is 0.876. The number of benzene rings is 1. The molecule has 1 heterocycles. The molecule has 0 radical (unpaired) electrons. The van der Waals surface area contributed by atoms with Crippen molar-refractivity contribution in [2.24, 2.45) is 5.92 Å². The van der Waals surface area contributed by atoms with Crippen molar-refractivity contribution in [2.45, 2.75) is 30.7 Å².